The maximum absolute atomic E-state index is 9.98. The minimum absolute atomic E-state index is 0.0132. The van der Waals surface area contributed by atoms with Crippen LogP contribution in [0.2, 0.25) is 0 Å². The van der Waals surface area contributed by atoms with Crippen molar-refractivity contribution in [2.45, 2.75) is 19.4 Å². The summed E-state index contributed by atoms with van der Waals surface area (Å²) in [5.74, 6) is 1.09. The monoisotopic (exact) mass is 262 g/mol. The van der Waals surface area contributed by atoms with Crippen molar-refractivity contribution in [1.29, 1.82) is 0 Å². The summed E-state index contributed by atoms with van der Waals surface area (Å²) in [6.07, 6.45) is 3.45. The van der Waals surface area contributed by atoms with E-state index in [4.69, 9.17) is 14.3 Å². The first-order chi connectivity index (χ1) is 8.95. The standard InChI is InChI=1S/C15H18O4/c1-15(2,17)13-9-11-7-10(5-4-6-16)8-12(18-3)14(11)19-13/h4-5,7-9,16-17H,6H2,1-3H3/b5-4+. The molecule has 2 aromatic rings. The lowest BCUT2D eigenvalue weighted by molar-refractivity contribution is 0.0558. The van der Waals surface area contributed by atoms with E-state index in [1.54, 1.807) is 39.2 Å². The largest absolute Gasteiger partial charge is 0.493 e. The summed E-state index contributed by atoms with van der Waals surface area (Å²) >= 11 is 0. The lowest BCUT2D eigenvalue weighted by Crippen LogP contribution is -2.13. The summed E-state index contributed by atoms with van der Waals surface area (Å²) in [4.78, 5) is 0. The quantitative estimate of drug-likeness (QED) is 0.889. The molecule has 0 spiro atoms. The van der Waals surface area contributed by atoms with Crippen LogP contribution in [0.1, 0.15) is 25.2 Å². The second-order valence-corrected chi connectivity index (χ2v) is 4.90. The fraction of sp³-hybridized carbons (Fsp3) is 0.333. The number of rotatable bonds is 4. The molecule has 0 fully saturated rings. The van der Waals surface area contributed by atoms with Crippen molar-refractivity contribution < 1.29 is 19.4 Å². The van der Waals surface area contributed by atoms with E-state index in [0.29, 0.717) is 17.1 Å². The average molecular weight is 262 g/mol. The van der Waals surface area contributed by atoms with Crippen molar-refractivity contribution in [3.63, 3.8) is 0 Å². The molecule has 0 atom stereocenters. The van der Waals surface area contributed by atoms with Crippen molar-refractivity contribution in [3.05, 3.63) is 35.6 Å². The van der Waals surface area contributed by atoms with E-state index in [2.05, 4.69) is 0 Å². The van der Waals surface area contributed by atoms with Crippen molar-refractivity contribution in [2.75, 3.05) is 13.7 Å². The van der Waals surface area contributed by atoms with Crippen LogP contribution < -0.4 is 4.74 Å². The fourth-order valence-corrected chi connectivity index (χ4v) is 1.88. The SMILES string of the molecule is COc1cc(/C=C/CO)cc2cc(C(C)(C)O)oc12. The van der Waals surface area contributed by atoms with E-state index in [-0.39, 0.29) is 6.61 Å². The Kier molecular flexibility index (Phi) is 3.64. The molecule has 102 valence electrons. The van der Waals surface area contributed by atoms with Gasteiger partial charge >= 0.3 is 0 Å². The molecule has 1 aromatic carbocycles. The van der Waals surface area contributed by atoms with Crippen molar-refractivity contribution in [3.8, 4) is 5.75 Å². The lowest BCUT2D eigenvalue weighted by Gasteiger charge is -2.12. The summed E-state index contributed by atoms with van der Waals surface area (Å²) in [6.45, 7) is 3.33. The molecule has 2 rings (SSSR count). The van der Waals surface area contributed by atoms with Gasteiger partial charge in [-0.2, -0.15) is 0 Å². The van der Waals surface area contributed by atoms with Gasteiger partial charge in [0.05, 0.1) is 13.7 Å². The minimum Gasteiger partial charge on any atom is -0.493 e. The zero-order valence-corrected chi connectivity index (χ0v) is 11.3. The second-order valence-electron chi connectivity index (χ2n) is 4.90. The predicted octanol–water partition coefficient (Wildman–Crippen LogP) is 2.67. The maximum atomic E-state index is 9.98. The highest BCUT2D eigenvalue weighted by Crippen LogP contribution is 2.34. The van der Waals surface area contributed by atoms with Crippen LogP contribution in [0, 0.1) is 0 Å². The Bertz CT molecular complexity index is 602. The molecule has 0 saturated carbocycles. The number of fused-ring (bicyclic) bond motifs is 1. The van der Waals surface area contributed by atoms with Crippen molar-refractivity contribution in [2.24, 2.45) is 0 Å². The zero-order valence-electron chi connectivity index (χ0n) is 11.3. The lowest BCUT2D eigenvalue weighted by atomic mass is 10.1. The number of aliphatic hydroxyl groups is 2. The smallest absolute Gasteiger partial charge is 0.176 e. The van der Waals surface area contributed by atoms with Gasteiger partial charge in [-0.05, 0) is 37.6 Å². The molecule has 0 amide bonds. The van der Waals surface area contributed by atoms with E-state index in [9.17, 15) is 5.11 Å². The van der Waals surface area contributed by atoms with Crippen LogP contribution in [0.25, 0.3) is 17.0 Å². The highest BCUT2D eigenvalue weighted by Gasteiger charge is 2.22. The first-order valence-corrected chi connectivity index (χ1v) is 6.07. The first kappa shape index (κ1) is 13.6. The normalized spacial score (nSPS) is 12.5. The number of benzene rings is 1. The minimum atomic E-state index is -1.04. The molecule has 19 heavy (non-hydrogen) atoms. The van der Waals surface area contributed by atoms with Crippen LogP contribution in [0.15, 0.2) is 28.7 Å². The van der Waals surface area contributed by atoms with Crippen LogP contribution in [0.5, 0.6) is 5.75 Å². The second kappa shape index (κ2) is 5.07. The molecule has 1 aromatic heterocycles. The van der Waals surface area contributed by atoms with Gasteiger partial charge in [0.2, 0.25) is 0 Å². The Morgan fingerprint density at radius 2 is 2.05 bits per heavy atom. The van der Waals surface area contributed by atoms with E-state index in [1.165, 1.54) is 0 Å². The Balaban J connectivity index is 2.59. The molecule has 0 radical (unpaired) electrons. The zero-order chi connectivity index (χ0) is 14.0. The third-order valence-electron chi connectivity index (χ3n) is 2.84. The van der Waals surface area contributed by atoms with E-state index in [1.807, 2.05) is 12.1 Å². The Morgan fingerprint density at radius 1 is 1.32 bits per heavy atom. The maximum Gasteiger partial charge on any atom is 0.176 e. The summed E-state index contributed by atoms with van der Waals surface area (Å²) in [5.41, 5.74) is 0.479. The number of hydrogen-bond donors (Lipinski definition) is 2. The molecular formula is C15H18O4. The van der Waals surface area contributed by atoms with Gasteiger partial charge in [-0.3, -0.25) is 0 Å². The van der Waals surface area contributed by atoms with E-state index < -0.39 is 5.60 Å². The molecule has 0 aliphatic heterocycles. The molecule has 4 nitrogen and oxygen atoms in total. The summed E-state index contributed by atoms with van der Waals surface area (Å²) in [7, 11) is 1.57. The number of furan rings is 1. The van der Waals surface area contributed by atoms with Crippen LogP contribution in [-0.4, -0.2) is 23.9 Å². The molecule has 0 saturated heterocycles. The van der Waals surface area contributed by atoms with Crippen LogP contribution in [0.3, 0.4) is 0 Å². The Morgan fingerprint density at radius 3 is 2.63 bits per heavy atom. The number of methoxy groups -OCH3 is 1. The molecule has 0 aliphatic rings. The highest BCUT2D eigenvalue weighted by molar-refractivity contribution is 5.86. The fourth-order valence-electron chi connectivity index (χ4n) is 1.88. The number of aliphatic hydroxyl groups excluding tert-OH is 1. The molecule has 0 unspecified atom stereocenters. The van der Waals surface area contributed by atoms with E-state index >= 15 is 0 Å². The molecule has 1 heterocycles. The molecular weight excluding hydrogens is 244 g/mol. The van der Waals surface area contributed by atoms with Gasteiger partial charge in [0.1, 0.15) is 11.4 Å². The van der Waals surface area contributed by atoms with Crippen LogP contribution in [-0.2, 0) is 5.60 Å². The third kappa shape index (κ3) is 2.80. The van der Waals surface area contributed by atoms with Crippen LogP contribution >= 0.6 is 0 Å². The molecule has 4 heteroatoms. The van der Waals surface area contributed by atoms with Crippen LogP contribution in [0.4, 0.5) is 0 Å². The van der Waals surface area contributed by atoms with Gasteiger partial charge < -0.3 is 19.4 Å². The third-order valence-corrected chi connectivity index (χ3v) is 2.84. The Labute approximate surface area is 111 Å². The predicted molar refractivity (Wildman–Crippen MR) is 74.1 cm³/mol. The number of ether oxygens (including phenoxy) is 1. The van der Waals surface area contributed by atoms with Crippen molar-refractivity contribution >= 4 is 17.0 Å². The average Bonchev–Trinajstić information content (AvgIpc) is 2.79. The first-order valence-electron chi connectivity index (χ1n) is 6.07. The van der Waals surface area contributed by atoms with Gasteiger partial charge in [-0.1, -0.05) is 12.2 Å². The topological polar surface area (TPSA) is 62.8 Å². The van der Waals surface area contributed by atoms with Gasteiger partial charge in [-0.25, -0.2) is 0 Å². The van der Waals surface area contributed by atoms with Crippen molar-refractivity contribution in [1.82, 2.24) is 0 Å². The van der Waals surface area contributed by atoms with Gasteiger partial charge in [0.25, 0.3) is 0 Å². The van der Waals surface area contributed by atoms with Gasteiger partial charge in [-0.15, -0.1) is 0 Å². The Hall–Kier alpha value is -1.78. The summed E-state index contributed by atoms with van der Waals surface area (Å²) in [6, 6.07) is 5.54. The molecule has 0 aliphatic carbocycles. The molecule has 0 bridgehead atoms. The summed E-state index contributed by atoms with van der Waals surface area (Å²) in [5, 5.41) is 19.6. The van der Waals surface area contributed by atoms with E-state index in [0.717, 1.165) is 10.9 Å². The van der Waals surface area contributed by atoms with Gasteiger partial charge in [0.15, 0.2) is 11.3 Å². The highest BCUT2D eigenvalue weighted by atomic mass is 16.5. The summed E-state index contributed by atoms with van der Waals surface area (Å²) < 4.78 is 11.0. The number of hydrogen-bond acceptors (Lipinski definition) is 4. The van der Waals surface area contributed by atoms with Gasteiger partial charge in [0, 0.05) is 5.39 Å². The molecule has 2 N–H and O–H groups in total.